The molecule has 0 aromatic heterocycles. The number of hydrogen-bond donors (Lipinski definition) is 2. The van der Waals surface area contributed by atoms with Crippen LogP contribution < -0.4 is 15.2 Å². The molecule has 3 rings (SSSR count). The van der Waals surface area contributed by atoms with E-state index < -0.39 is 10.0 Å². The molecule has 28 heavy (non-hydrogen) atoms. The molecule has 2 aromatic carbocycles. The fourth-order valence-electron chi connectivity index (χ4n) is 3.50. The minimum Gasteiger partial charge on any atom is -0.496 e. The Bertz CT molecular complexity index is 932. The van der Waals surface area contributed by atoms with E-state index in [-0.39, 0.29) is 22.4 Å². The maximum atomic E-state index is 12.7. The van der Waals surface area contributed by atoms with Crippen LogP contribution in [0, 0.1) is 0 Å². The molecule has 0 bridgehead atoms. The third kappa shape index (κ3) is 4.89. The summed E-state index contributed by atoms with van der Waals surface area (Å²) in [5, 5.41) is 8.09. The van der Waals surface area contributed by atoms with Gasteiger partial charge >= 0.3 is 0 Å². The van der Waals surface area contributed by atoms with Crippen molar-refractivity contribution in [1.29, 1.82) is 0 Å². The van der Waals surface area contributed by atoms with Gasteiger partial charge in [-0.25, -0.2) is 13.6 Å². The zero-order chi connectivity index (χ0) is 20.1. The van der Waals surface area contributed by atoms with Gasteiger partial charge in [-0.3, -0.25) is 9.69 Å². The van der Waals surface area contributed by atoms with Gasteiger partial charge in [0, 0.05) is 19.1 Å². The average Bonchev–Trinajstić information content (AvgIpc) is 3.12. The number of nitrogens with two attached hydrogens (primary N) is 1. The second kappa shape index (κ2) is 8.72. The number of methoxy groups -OCH3 is 1. The van der Waals surface area contributed by atoms with Crippen molar-refractivity contribution in [3.63, 3.8) is 0 Å². The van der Waals surface area contributed by atoms with Crippen LogP contribution in [0.4, 0.5) is 0 Å². The van der Waals surface area contributed by atoms with E-state index in [1.54, 1.807) is 0 Å². The summed E-state index contributed by atoms with van der Waals surface area (Å²) >= 11 is 0. The highest BCUT2D eigenvalue weighted by atomic mass is 32.2. The molecular formula is C20H25N3O4S. The number of primary sulfonamides is 1. The van der Waals surface area contributed by atoms with Gasteiger partial charge in [0.15, 0.2) is 0 Å². The fourth-order valence-corrected chi connectivity index (χ4v) is 4.04. The Labute approximate surface area is 165 Å². The predicted octanol–water partition coefficient (Wildman–Crippen LogP) is 1.74. The van der Waals surface area contributed by atoms with Gasteiger partial charge in [-0.15, -0.1) is 0 Å². The van der Waals surface area contributed by atoms with Crippen LogP contribution in [0.25, 0.3) is 0 Å². The van der Waals surface area contributed by atoms with E-state index in [0.717, 1.165) is 25.9 Å². The molecule has 8 heteroatoms. The minimum atomic E-state index is -3.90. The second-order valence-corrected chi connectivity index (χ2v) is 8.43. The first-order valence-electron chi connectivity index (χ1n) is 9.15. The molecule has 0 unspecified atom stereocenters. The standard InChI is InChI=1S/C20H25N3O4S/c1-27-19-10-9-17(28(21,25)26)12-18(19)20(24)22-13-16-8-5-11-23(16)14-15-6-3-2-4-7-15/h2-4,6-7,9-10,12,16H,5,8,11,13-14H2,1H3,(H,22,24)(H2,21,25,26)/t16-/m0/s1. The van der Waals surface area contributed by atoms with Gasteiger partial charge in [-0.05, 0) is 43.1 Å². The summed E-state index contributed by atoms with van der Waals surface area (Å²) in [6.07, 6.45) is 2.08. The number of rotatable bonds is 7. The third-order valence-corrected chi connectivity index (χ3v) is 5.88. The zero-order valence-corrected chi connectivity index (χ0v) is 16.6. The van der Waals surface area contributed by atoms with Gasteiger partial charge in [-0.1, -0.05) is 30.3 Å². The molecule has 2 aromatic rings. The van der Waals surface area contributed by atoms with Crippen molar-refractivity contribution in [3.05, 3.63) is 59.7 Å². The van der Waals surface area contributed by atoms with Crippen LogP contribution >= 0.6 is 0 Å². The van der Waals surface area contributed by atoms with E-state index in [1.165, 1.54) is 30.9 Å². The molecule has 1 atom stereocenters. The molecule has 1 heterocycles. The molecule has 3 N–H and O–H groups in total. The number of likely N-dealkylation sites (tertiary alicyclic amines) is 1. The third-order valence-electron chi connectivity index (χ3n) is 4.97. The smallest absolute Gasteiger partial charge is 0.255 e. The number of amides is 1. The summed E-state index contributed by atoms with van der Waals surface area (Å²) in [6.45, 7) is 2.31. The van der Waals surface area contributed by atoms with E-state index in [1.807, 2.05) is 18.2 Å². The van der Waals surface area contributed by atoms with Crippen LogP contribution in [0.5, 0.6) is 5.75 Å². The maximum absolute atomic E-state index is 12.7. The number of sulfonamides is 1. The Morgan fingerprint density at radius 1 is 1.25 bits per heavy atom. The van der Waals surface area contributed by atoms with Gasteiger partial charge in [0.05, 0.1) is 17.6 Å². The summed E-state index contributed by atoms with van der Waals surface area (Å²) in [6, 6.07) is 14.5. The molecule has 0 aliphatic carbocycles. The molecule has 0 saturated carbocycles. The number of carbonyl (C=O) groups excluding carboxylic acids is 1. The van der Waals surface area contributed by atoms with Crippen molar-refractivity contribution in [2.75, 3.05) is 20.2 Å². The lowest BCUT2D eigenvalue weighted by Crippen LogP contribution is -2.40. The van der Waals surface area contributed by atoms with Crippen molar-refractivity contribution < 1.29 is 17.9 Å². The molecular weight excluding hydrogens is 378 g/mol. The summed E-state index contributed by atoms with van der Waals surface area (Å²) in [5.41, 5.74) is 1.39. The van der Waals surface area contributed by atoms with Gasteiger partial charge < -0.3 is 10.1 Å². The first-order chi connectivity index (χ1) is 13.4. The van der Waals surface area contributed by atoms with E-state index in [4.69, 9.17) is 9.88 Å². The topological polar surface area (TPSA) is 102 Å². The Kier molecular flexibility index (Phi) is 6.33. The molecule has 150 valence electrons. The van der Waals surface area contributed by atoms with Crippen LogP contribution in [0.1, 0.15) is 28.8 Å². The molecule has 1 amide bonds. The number of nitrogens with zero attached hydrogens (tertiary/aromatic N) is 1. The van der Waals surface area contributed by atoms with E-state index >= 15 is 0 Å². The number of hydrogen-bond acceptors (Lipinski definition) is 5. The van der Waals surface area contributed by atoms with E-state index in [2.05, 4.69) is 22.3 Å². The number of nitrogens with one attached hydrogen (secondary N) is 1. The first kappa shape index (κ1) is 20.3. The van der Waals surface area contributed by atoms with Crippen LogP contribution in [-0.4, -0.2) is 45.5 Å². The zero-order valence-electron chi connectivity index (χ0n) is 15.8. The largest absolute Gasteiger partial charge is 0.496 e. The summed E-state index contributed by atoms with van der Waals surface area (Å²) in [4.78, 5) is 14.9. The molecule has 1 saturated heterocycles. The average molecular weight is 404 g/mol. The van der Waals surface area contributed by atoms with Gasteiger partial charge in [-0.2, -0.15) is 0 Å². The van der Waals surface area contributed by atoms with Crippen molar-refractivity contribution in [3.8, 4) is 5.75 Å². The minimum absolute atomic E-state index is 0.120. The number of ether oxygens (including phenoxy) is 1. The van der Waals surface area contributed by atoms with Crippen molar-refractivity contribution in [1.82, 2.24) is 10.2 Å². The van der Waals surface area contributed by atoms with Crippen molar-refractivity contribution in [2.45, 2.75) is 30.3 Å². The predicted molar refractivity (Wildman–Crippen MR) is 107 cm³/mol. The lowest BCUT2D eigenvalue weighted by Gasteiger charge is -2.25. The van der Waals surface area contributed by atoms with Crippen LogP contribution in [0.3, 0.4) is 0 Å². The van der Waals surface area contributed by atoms with E-state index in [0.29, 0.717) is 12.3 Å². The van der Waals surface area contributed by atoms with Crippen molar-refractivity contribution >= 4 is 15.9 Å². The normalized spacial score (nSPS) is 17.4. The Morgan fingerprint density at radius 3 is 2.68 bits per heavy atom. The highest BCUT2D eigenvalue weighted by Gasteiger charge is 2.25. The van der Waals surface area contributed by atoms with Crippen LogP contribution in [0.15, 0.2) is 53.4 Å². The Hall–Kier alpha value is -2.42. The summed E-state index contributed by atoms with van der Waals surface area (Å²) in [5.74, 6) is -0.0774. The molecule has 0 radical (unpaired) electrons. The molecule has 7 nitrogen and oxygen atoms in total. The lowest BCUT2D eigenvalue weighted by molar-refractivity contribution is 0.0936. The molecule has 1 aliphatic heterocycles. The Morgan fingerprint density at radius 2 is 2.00 bits per heavy atom. The highest BCUT2D eigenvalue weighted by molar-refractivity contribution is 7.89. The first-order valence-corrected chi connectivity index (χ1v) is 10.7. The van der Waals surface area contributed by atoms with E-state index in [9.17, 15) is 13.2 Å². The van der Waals surface area contributed by atoms with Crippen LogP contribution in [0.2, 0.25) is 0 Å². The highest BCUT2D eigenvalue weighted by Crippen LogP contribution is 2.23. The quantitative estimate of drug-likeness (QED) is 0.733. The molecule has 1 aliphatic rings. The van der Waals surface area contributed by atoms with Crippen molar-refractivity contribution in [2.24, 2.45) is 5.14 Å². The summed E-state index contributed by atoms with van der Waals surface area (Å²) in [7, 11) is -2.47. The lowest BCUT2D eigenvalue weighted by atomic mass is 10.1. The Balaban J connectivity index is 1.68. The van der Waals surface area contributed by atoms with Crippen LogP contribution in [-0.2, 0) is 16.6 Å². The van der Waals surface area contributed by atoms with Gasteiger partial charge in [0.2, 0.25) is 10.0 Å². The van der Waals surface area contributed by atoms with Gasteiger partial charge in [0.25, 0.3) is 5.91 Å². The second-order valence-electron chi connectivity index (χ2n) is 6.87. The number of benzene rings is 2. The monoisotopic (exact) mass is 403 g/mol. The van der Waals surface area contributed by atoms with Gasteiger partial charge in [0.1, 0.15) is 5.75 Å². The maximum Gasteiger partial charge on any atom is 0.255 e. The molecule has 1 fully saturated rings. The fraction of sp³-hybridized carbons (Fsp3) is 0.350. The number of carbonyl (C=O) groups is 1. The SMILES string of the molecule is COc1ccc(S(N)(=O)=O)cc1C(=O)NC[C@@H]1CCCN1Cc1ccccc1. The summed E-state index contributed by atoms with van der Waals surface area (Å²) < 4.78 is 28.4. The molecule has 0 spiro atoms.